The molecule has 5 atom stereocenters. The molecule has 1 aromatic carbocycles. The van der Waals surface area contributed by atoms with Crippen LogP contribution in [0.2, 0.25) is 5.31 Å². The molecule has 2 saturated carbocycles. The molecule has 10 heteroatoms. The van der Waals surface area contributed by atoms with Crippen LogP contribution in [0.4, 0.5) is 14.7 Å². The summed E-state index contributed by atoms with van der Waals surface area (Å²) in [6, 6.07) is 4.49. The number of rotatable bonds is 4. The van der Waals surface area contributed by atoms with Crippen molar-refractivity contribution in [1.82, 2.24) is 24.7 Å². The highest BCUT2D eigenvalue weighted by Gasteiger charge is 2.61. The summed E-state index contributed by atoms with van der Waals surface area (Å²) in [5, 5.41) is 17.8. The first-order chi connectivity index (χ1) is 15.2. The zero-order valence-electron chi connectivity index (χ0n) is 17.9. The van der Waals surface area contributed by atoms with Gasteiger partial charge in [0.25, 0.3) is 0 Å². The van der Waals surface area contributed by atoms with Crippen molar-refractivity contribution in [3.63, 3.8) is 0 Å². The molecule has 7 nitrogen and oxygen atoms in total. The van der Waals surface area contributed by atoms with Crippen molar-refractivity contribution in [1.29, 1.82) is 0 Å². The van der Waals surface area contributed by atoms with Gasteiger partial charge in [-0.2, -0.15) is 0 Å². The number of halogens is 2. The summed E-state index contributed by atoms with van der Waals surface area (Å²) >= 11 is 0. The Hall–Kier alpha value is -3.04. The molecule has 3 aromatic rings. The number of imidazole rings is 1. The lowest BCUT2D eigenvalue weighted by atomic mass is 9.56. The lowest BCUT2D eigenvalue weighted by molar-refractivity contribution is 0.0689. The van der Waals surface area contributed by atoms with E-state index in [0.29, 0.717) is 17.7 Å². The Morgan fingerprint density at radius 2 is 2.06 bits per heavy atom. The Morgan fingerprint density at radius 3 is 2.72 bits per heavy atom. The number of fused-ring (bicyclic) bond motifs is 2. The molecule has 2 bridgehead atoms. The van der Waals surface area contributed by atoms with E-state index in [4.69, 9.17) is 7.85 Å². The van der Waals surface area contributed by atoms with E-state index in [1.54, 1.807) is 54.3 Å². The highest BCUT2D eigenvalue weighted by atomic mass is 19.1. The molecule has 32 heavy (non-hydrogen) atoms. The van der Waals surface area contributed by atoms with Crippen LogP contribution in [0.15, 0.2) is 43.1 Å². The lowest BCUT2D eigenvalue weighted by Crippen LogP contribution is -2.51. The van der Waals surface area contributed by atoms with Gasteiger partial charge in [-0.3, -0.25) is 0 Å². The van der Waals surface area contributed by atoms with E-state index in [1.165, 1.54) is 6.20 Å². The molecule has 2 radical (unpaired) electrons. The van der Waals surface area contributed by atoms with Gasteiger partial charge in [0.1, 0.15) is 17.6 Å². The number of aromatic hydroxyl groups is 1. The van der Waals surface area contributed by atoms with E-state index < -0.39 is 29.1 Å². The first-order valence-electron chi connectivity index (χ1n) is 10.5. The molecular weight excluding hydrogens is 413 g/mol. The fraction of sp³-hybridized carbons (Fsp3) is 0.455. The summed E-state index contributed by atoms with van der Waals surface area (Å²) in [6.07, 6.45) is 4.69. The Balaban J connectivity index is 1.38. The van der Waals surface area contributed by atoms with Crippen molar-refractivity contribution in [2.75, 3.05) is 11.9 Å². The molecule has 0 spiro atoms. The fourth-order valence-electron chi connectivity index (χ4n) is 5.26. The largest absolute Gasteiger partial charge is 0.507 e. The third kappa shape index (κ3) is 3.23. The molecule has 2 aliphatic carbocycles. The quantitative estimate of drug-likeness (QED) is 0.632. The minimum atomic E-state index is -1.26. The number of anilines is 1. The SMILES string of the molecule is [B][C@]12C[C@@H](N(C)c3ncc(-c4ccc(-n5ccnc5)cc4O)nn3)[C@H](F)[C@](C)(C[C@H]1F)C2. The summed E-state index contributed by atoms with van der Waals surface area (Å²) < 4.78 is 31.7. The summed E-state index contributed by atoms with van der Waals surface area (Å²) in [4.78, 5) is 9.93. The molecular formula is C22H23BF2N6O. The van der Waals surface area contributed by atoms with Crippen LogP contribution in [0.1, 0.15) is 26.2 Å². The monoisotopic (exact) mass is 436 g/mol. The van der Waals surface area contributed by atoms with Crippen molar-refractivity contribution >= 4 is 13.8 Å². The fourth-order valence-corrected chi connectivity index (χ4v) is 5.26. The van der Waals surface area contributed by atoms with Crippen molar-refractivity contribution < 1.29 is 13.9 Å². The molecule has 5 rings (SSSR count). The van der Waals surface area contributed by atoms with Gasteiger partial charge in [-0.05, 0) is 36.7 Å². The molecule has 0 aliphatic heterocycles. The van der Waals surface area contributed by atoms with Gasteiger partial charge in [-0.15, -0.1) is 10.2 Å². The van der Waals surface area contributed by atoms with E-state index in [-0.39, 0.29) is 24.5 Å². The topological polar surface area (TPSA) is 80.0 Å². The Bertz CT molecular complexity index is 1130. The van der Waals surface area contributed by atoms with Crippen LogP contribution in [0.25, 0.3) is 16.9 Å². The van der Waals surface area contributed by atoms with Crippen LogP contribution < -0.4 is 4.90 Å². The first-order valence-corrected chi connectivity index (χ1v) is 10.5. The maximum Gasteiger partial charge on any atom is 0.245 e. The summed E-state index contributed by atoms with van der Waals surface area (Å²) in [6.45, 7) is 1.76. The molecule has 2 heterocycles. The average Bonchev–Trinajstić information content (AvgIpc) is 3.37. The Labute approximate surface area is 185 Å². The van der Waals surface area contributed by atoms with E-state index in [1.807, 2.05) is 6.07 Å². The van der Waals surface area contributed by atoms with Crippen LogP contribution in [0.3, 0.4) is 0 Å². The minimum absolute atomic E-state index is 0.0214. The first kappa shape index (κ1) is 20.8. The molecule has 2 aromatic heterocycles. The second-order valence-electron chi connectivity index (χ2n) is 9.33. The number of aromatic nitrogens is 5. The van der Waals surface area contributed by atoms with Crippen molar-refractivity contribution in [2.24, 2.45) is 5.41 Å². The van der Waals surface area contributed by atoms with Gasteiger partial charge < -0.3 is 14.6 Å². The molecule has 1 N–H and O–H groups in total. The Morgan fingerprint density at radius 1 is 1.25 bits per heavy atom. The Kier molecular flexibility index (Phi) is 4.72. The number of phenolic OH excluding ortho intramolecular Hbond substituents is 1. The highest BCUT2D eigenvalue weighted by Crippen LogP contribution is 2.63. The smallest absolute Gasteiger partial charge is 0.245 e. The van der Waals surface area contributed by atoms with Crippen LogP contribution in [-0.4, -0.2) is 63.1 Å². The van der Waals surface area contributed by atoms with Crippen LogP contribution >= 0.6 is 0 Å². The molecule has 2 fully saturated rings. The summed E-state index contributed by atoms with van der Waals surface area (Å²) in [5.74, 6) is 0.243. The van der Waals surface area contributed by atoms with E-state index in [0.717, 1.165) is 5.69 Å². The van der Waals surface area contributed by atoms with Gasteiger partial charge in [0, 0.05) is 36.5 Å². The number of nitrogens with zero attached hydrogens (tertiary/aromatic N) is 6. The molecule has 0 saturated heterocycles. The van der Waals surface area contributed by atoms with E-state index in [2.05, 4.69) is 20.2 Å². The lowest BCUT2D eigenvalue weighted by Gasteiger charge is -2.46. The molecule has 164 valence electrons. The van der Waals surface area contributed by atoms with Gasteiger partial charge in [0.15, 0.2) is 0 Å². The molecule has 0 amide bonds. The molecule has 2 aliphatic rings. The van der Waals surface area contributed by atoms with Gasteiger partial charge in [0.05, 0.1) is 38.3 Å². The zero-order chi connectivity index (χ0) is 22.7. The maximum absolute atomic E-state index is 15.4. The summed E-state index contributed by atoms with van der Waals surface area (Å²) in [7, 11) is 7.98. The van der Waals surface area contributed by atoms with Gasteiger partial charge in [0.2, 0.25) is 5.95 Å². The predicted octanol–water partition coefficient (Wildman–Crippen LogP) is 3.44. The van der Waals surface area contributed by atoms with E-state index in [9.17, 15) is 9.50 Å². The van der Waals surface area contributed by atoms with Crippen LogP contribution in [-0.2, 0) is 0 Å². The molecule has 0 unspecified atom stereocenters. The van der Waals surface area contributed by atoms with Crippen molar-refractivity contribution in [2.45, 2.75) is 49.9 Å². The van der Waals surface area contributed by atoms with Gasteiger partial charge in [-0.25, -0.2) is 18.7 Å². The third-order valence-corrected chi connectivity index (χ3v) is 7.02. The third-order valence-electron chi connectivity index (χ3n) is 7.02. The predicted molar refractivity (Wildman–Crippen MR) is 116 cm³/mol. The van der Waals surface area contributed by atoms with Gasteiger partial charge >= 0.3 is 0 Å². The highest BCUT2D eigenvalue weighted by molar-refractivity contribution is 6.16. The number of alkyl halides is 2. The normalized spacial score (nSPS) is 31.6. The minimum Gasteiger partial charge on any atom is -0.507 e. The summed E-state index contributed by atoms with van der Waals surface area (Å²) in [5.41, 5.74) is 0.790. The van der Waals surface area contributed by atoms with Crippen LogP contribution in [0.5, 0.6) is 5.75 Å². The van der Waals surface area contributed by atoms with Crippen molar-refractivity contribution in [3.8, 4) is 22.7 Å². The van der Waals surface area contributed by atoms with Crippen molar-refractivity contribution in [3.05, 3.63) is 43.1 Å². The second kappa shape index (κ2) is 7.25. The number of hydrogen-bond acceptors (Lipinski definition) is 6. The average molecular weight is 436 g/mol. The standard InChI is InChI=1S/C22H23BF2N6O/c1-21-9-18(24)22(23,11-21)8-16(19(21)25)30(2)20-27-10-15(28-29-20)14-4-3-13(7-17(14)32)31-6-5-26-12-31/h3-7,10,12,16,18-19,32H,8-9,11H2,1-2H3/t16-,18-,19+,21-,22+/m1/s1. The van der Waals surface area contributed by atoms with E-state index >= 15 is 4.39 Å². The van der Waals surface area contributed by atoms with Gasteiger partial charge in [-0.1, -0.05) is 6.92 Å². The zero-order valence-corrected chi connectivity index (χ0v) is 17.9. The number of hydrogen-bond donors (Lipinski definition) is 1. The second-order valence-corrected chi connectivity index (χ2v) is 9.33. The number of phenols is 1. The number of benzene rings is 1. The maximum atomic E-state index is 15.4. The van der Waals surface area contributed by atoms with Crippen LogP contribution in [0, 0.1) is 5.41 Å².